The van der Waals surface area contributed by atoms with Gasteiger partial charge < -0.3 is 14.3 Å². The Kier molecular flexibility index (Phi) is 5.53. The second-order valence-electron chi connectivity index (χ2n) is 6.46. The summed E-state index contributed by atoms with van der Waals surface area (Å²) in [6.45, 7) is 2.57. The number of hydrogen-bond acceptors (Lipinski definition) is 4. The third-order valence-electron chi connectivity index (χ3n) is 4.37. The van der Waals surface area contributed by atoms with Crippen LogP contribution in [-0.2, 0) is 16.1 Å². The highest BCUT2D eigenvalue weighted by Crippen LogP contribution is 2.31. The molecule has 1 atom stereocenters. The monoisotopic (exact) mass is 395 g/mol. The van der Waals surface area contributed by atoms with Crippen molar-refractivity contribution in [2.75, 3.05) is 13.6 Å². The van der Waals surface area contributed by atoms with Gasteiger partial charge in [-0.1, -0.05) is 28.4 Å². The van der Waals surface area contributed by atoms with Crippen LogP contribution in [0.1, 0.15) is 35.9 Å². The summed E-state index contributed by atoms with van der Waals surface area (Å²) in [5.41, 5.74) is 1.45. The summed E-state index contributed by atoms with van der Waals surface area (Å²) in [5.74, 6) is -0.433. The van der Waals surface area contributed by atoms with Gasteiger partial charge in [-0.05, 0) is 43.5 Å². The number of likely N-dealkylation sites (tertiary alicyclic amines) is 1. The van der Waals surface area contributed by atoms with E-state index in [-0.39, 0.29) is 12.6 Å². The molecule has 8 heteroatoms. The summed E-state index contributed by atoms with van der Waals surface area (Å²) in [7, 11) is 1.58. The zero-order valence-corrected chi connectivity index (χ0v) is 16.0. The SMILES string of the molecule is Cc1cc(C2CCCN2C(=O)C(=O)N(C)Cc2cc(Cl)cc(Cl)c2)no1. The molecule has 0 bridgehead atoms. The Bertz CT molecular complexity index is 817. The van der Waals surface area contributed by atoms with Gasteiger partial charge in [-0.15, -0.1) is 0 Å². The minimum atomic E-state index is -0.576. The highest BCUT2D eigenvalue weighted by atomic mass is 35.5. The summed E-state index contributed by atoms with van der Waals surface area (Å²) >= 11 is 12.0. The number of carbonyl (C=O) groups excluding carboxylic acids is 2. The first-order chi connectivity index (χ1) is 12.3. The fourth-order valence-electron chi connectivity index (χ4n) is 3.19. The van der Waals surface area contributed by atoms with E-state index in [9.17, 15) is 9.59 Å². The molecule has 1 aliphatic heterocycles. The molecule has 138 valence electrons. The van der Waals surface area contributed by atoms with Crippen molar-refractivity contribution >= 4 is 35.0 Å². The Morgan fingerprint density at radius 1 is 1.27 bits per heavy atom. The van der Waals surface area contributed by atoms with Crippen LogP contribution in [0.3, 0.4) is 0 Å². The topological polar surface area (TPSA) is 66.7 Å². The van der Waals surface area contributed by atoms with Crippen molar-refractivity contribution in [3.8, 4) is 0 Å². The number of carbonyl (C=O) groups is 2. The minimum Gasteiger partial charge on any atom is -0.361 e. The predicted molar refractivity (Wildman–Crippen MR) is 97.9 cm³/mol. The molecule has 6 nitrogen and oxygen atoms in total. The Hall–Kier alpha value is -2.05. The lowest BCUT2D eigenvalue weighted by Crippen LogP contribution is -2.43. The molecule has 1 saturated heterocycles. The summed E-state index contributed by atoms with van der Waals surface area (Å²) < 4.78 is 5.11. The molecule has 26 heavy (non-hydrogen) atoms. The number of hydrogen-bond donors (Lipinski definition) is 0. The van der Waals surface area contributed by atoms with Crippen molar-refractivity contribution in [3.05, 3.63) is 51.3 Å². The van der Waals surface area contributed by atoms with Crippen LogP contribution < -0.4 is 0 Å². The van der Waals surface area contributed by atoms with E-state index in [4.69, 9.17) is 27.7 Å². The van der Waals surface area contributed by atoms with Crippen molar-refractivity contribution in [1.82, 2.24) is 15.0 Å². The van der Waals surface area contributed by atoms with E-state index < -0.39 is 11.8 Å². The molecule has 1 aromatic carbocycles. The molecule has 0 aliphatic carbocycles. The molecule has 0 radical (unpaired) electrons. The smallest absolute Gasteiger partial charge is 0.312 e. The van der Waals surface area contributed by atoms with E-state index in [1.165, 1.54) is 4.90 Å². The molecule has 1 fully saturated rings. The van der Waals surface area contributed by atoms with Crippen LogP contribution in [0, 0.1) is 6.92 Å². The molecule has 0 saturated carbocycles. The van der Waals surface area contributed by atoms with Crippen LogP contribution >= 0.6 is 23.2 Å². The maximum atomic E-state index is 12.7. The van der Waals surface area contributed by atoms with Crippen LogP contribution in [0.25, 0.3) is 0 Å². The summed E-state index contributed by atoms with van der Waals surface area (Å²) in [5, 5.41) is 4.97. The molecule has 1 aromatic heterocycles. The zero-order chi connectivity index (χ0) is 18.8. The average molecular weight is 396 g/mol. The fraction of sp³-hybridized carbons (Fsp3) is 0.389. The predicted octanol–water partition coefficient (Wildman–Crippen LogP) is 3.61. The van der Waals surface area contributed by atoms with Gasteiger partial charge in [-0.3, -0.25) is 9.59 Å². The van der Waals surface area contributed by atoms with Crippen molar-refractivity contribution in [2.24, 2.45) is 0 Å². The maximum absolute atomic E-state index is 12.7. The largest absolute Gasteiger partial charge is 0.361 e. The summed E-state index contributed by atoms with van der Waals surface area (Å²) in [4.78, 5) is 28.3. The summed E-state index contributed by atoms with van der Waals surface area (Å²) in [6, 6.07) is 6.64. The Labute approximate surface area is 161 Å². The molecular formula is C18H19Cl2N3O3. The van der Waals surface area contributed by atoms with Gasteiger partial charge in [0, 0.05) is 36.2 Å². The van der Waals surface area contributed by atoms with E-state index in [2.05, 4.69) is 5.16 Å². The van der Waals surface area contributed by atoms with Crippen molar-refractivity contribution in [2.45, 2.75) is 32.4 Å². The number of rotatable bonds is 3. The first kappa shape index (κ1) is 18.7. The first-order valence-corrected chi connectivity index (χ1v) is 9.05. The number of nitrogens with zero attached hydrogens (tertiary/aromatic N) is 3. The van der Waals surface area contributed by atoms with Gasteiger partial charge in [-0.2, -0.15) is 0 Å². The van der Waals surface area contributed by atoms with Crippen molar-refractivity contribution in [3.63, 3.8) is 0 Å². The molecule has 3 rings (SSSR count). The van der Waals surface area contributed by atoms with E-state index in [0.717, 1.165) is 18.4 Å². The van der Waals surface area contributed by atoms with Gasteiger partial charge in [0.05, 0.1) is 6.04 Å². The molecule has 2 heterocycles. The second-order valence-corrected chi connectivity index (χ2v) is 7.33. The van der Waals surface area contributed by atoms with Gasteiger partial charge >= 0.3 is 11.8 Å². The molecule has 2 aromatic rings. The highest BCUT2D eigenvalue weighted by Gasteiger charge is 2.36. The van der Waals surface area contributed by atoms with Crippen molar-refractivity contribution < 1.29 is 14.1 Å². The number of amides is 2. The second kappa shape index (κ2) is 7.68. The van der Waals surface area contributed by atoms with E-state index >= 15 is 0 Å². The number of benzene rings is 1. The standard InChI is InChI=1S/C18H19Cl2N3O3/c1-11-6-15(21-26-11)16-4-3-5-23(16)18(25)17(24)22(2)10-12-7-13(19)9-14(20)8-12/h6-9,16H,3-5,10H2,1-2H3. The van der Waals surface area contributed by atoms with Crippen molar-refractivity contribution in [1.29, 1.82) is 0 Å². The van der Waals surface area contributed by atoms with Gasteiger partial charge in [-0.25, -0.2) is 0 Å². The molecule has 0 spiro atoms. The zero-order valence-electron chi connectivity index (χ0n) is 14.5. The molecule has 0 N–H and O–H groups in total. The number of likely N-dealkylation sites (N-methyl/N-ethyl adjacent to an activating group) is 1. The quantitative estimate of drug-likeness (QED) is 0.744. The number of aryl methyl sites for hydroxylation is 1. The molecule has 1 aliphatic rings. The Morgan fingerprint density at radius 3 is 2.58 bits per heavy atom. The number of aromatic nitrogens is 1. The van der Waals surface area contributed by atoms with Crippen LogP contribution in [0.2, 0.25) is 10.0 Å². The first-order valence-electron chi connectivity index (χ1n) is 8.29. The van der Waals surface area contributed by atoms with Crippen LogP contribution in [0.15, 0.2) is 28.8 Å². The highest BCUT2D eigenvalue weighted by molar-refractivity contribution is 6.35. The van der Waals surface area contributed by atoms with Gasteiger partial charge in [0.1, 0.15) is 11.5 Å². The Balaban J connectivity index is 1.70. The lowest BCUT2D eigenvalue weighted by molar-refractivity contribution is -0.152. The van der Waals surface area contributed by atoms with Crippen LogP contribution in [0.4, 0.5) is 0 Å². The van der Waals surface area contributed by atoms with Gasteiger partial charge in [0.25, 0.3) is 0 Å². The van der Waals surface area contributed by atoms with Crippen LogP contribution in [0.5, 0.6) is 0 Å². The molecule has 1 unspecified atom stereocenters. The Morgan fingerprint density at radius 2 is 1.96 bits per heavy atom. The third kappa shape index (κ3) is 4.02. The average Bonchev–Trinajstić information content (AvgIpc) is 3.20. The lowest BCUT2D eigenvalue weighted by Gasteiger charge is -2.25. The summed E-state index contributed by atoms with van der Waals surface area (Å²) in [6.07, 6.45) is 1.59. The lowest BCUT2D eigenvalue weighted by atomic mass is 10.1. The van der Waals surface area contributed by atoms with Crippen LogP contribution in [-0.4, -0.2) is 40.4 Å². The van der Waals surface area contributed by atoms with E-state index in [1.807, 2.05) is 0 Å². The minimum absolute atomic E-state index is 0.224. The number of halogens is 2. The normalized spacial score (nSPS) is 16.8. The van der Waals surface area contributed by atoms with E-state index in [1.54, 1.807) is 43.1 Å². The van der Waals surface area contributed by atoms with Gasteiger partial charge in [0.2, 0.25) is 0 Å². The molecular weight excluding hydrogens is 377 g/mol. The van der Waals surface area contributed by atoms with E-state index in [0.29, 0.717) is 28.0 Å². The van der Waals surface area contributed by atoms with Gasteiger partial charge in [0.15, 0.2) is 0 Å². The fourth-order valence-corrected chi connectivity index (χ4v) is 3.77. The third-order valence-corrected chi connectivity index (χ3v) is 4.81. The molecule has 2 amide bonds. The maximum Gasteiger partial charge on any atom is 0.312 e.